The smallest absolute Gasteiger partial charge is 0.295 e. The number of nitrogens with one attached hydrogen (secondary N) is 2. The number of hydrogen-bond donors (Lipinski definition) is 2. The van der Waals surface area contributed by atoms with Crippen molar-refractivity contribution in [3.8, 4) is 0 Å². The van der Waals surface area contributed by atoms with Crippen LogP contribution in [0.15, 0.2) is 36.4 Å². The first kappa shape index (κ1) is 15.0. The molecule has 23 heavy (non-hydrogen) atoms. The third-order valence-corrected chi connectivity index (χ3v) is 3.78. The monoisotopic (exact) mass is 315 g/mol. The van der Waals surface area contributed by atoms with E-state index < -0.39 is 10.7 Å². The molecule has 1 aliphatic heterocycles. The third-order valence-electron chi connectivity index (χ3n) is 3.78. The molecule has 0 aliphatic carbocycles. The van der Waals surface area contributed by atoms with Crippen molar-refractivity contribution in [2.45, 2.75) is 19.4 Å². The van der Waals surface area contributed by atoms with Gasteiger partial charge in [0.1, 0.15) is 11.5 Å². The number of carbonyl (C=O) groups excluding carboxylic acids is 1. The highest BCUT2D eigenvalue weighted by molar-refractivity contribution is 5.99. The summed E-state index contributed by atoms with van der Waals surface area (Å²) in [4.78, 5) is 21.8. The lowest BCUT2D eigenvalue weighted by Gasteiger charge is -2.16. The Morgan fingerprint density at radius 2 is 2.09 bits per heavy atom. The van der Waals surface area contributed by atoms with E-state index in [0.717, 1.165) is 22.9 Å². The molecule has 1 amide bonds. The molecule has 0 bridgehead atoms. The van der Waals surface area contributed by atoms with Gasteiger partial charge in [-0.3, -0.25) is 14.9 Å². The van der Waals surface area contributed by atoms with Crippen LogP contribution in [0.4, 0.5) is 21.5 Å². The lowest BCUT2D eigenvalue weighted by Crippen LogP contribution is -2.09. The highest BCUT2D eigenvalue weighted by Gasteiger charge is 2.20. The molecule has 2 aromatic rings. The minimum atomic E-state index is -0.656. The van der Waals surface area contributed by atoms with Crippen molar-refractivity contribution >= 4 is 23.0 Å². The first-order valence-corrected chi connectivity index (χ1v) is 7.07. The lowest BCUT2D eigenvalue weighted by atomic mass is 10.0. The quantitative estimate of drug-likeness (QED) is 0.669. The largest absolute Gasteiger partial charge is 0.373 e. The van der Waals surface area contributed by atoms with Crippen LogP contribution < -0.4 is 10.6 Å². The van der Waals surface area contributed by atoms with Gasteiger partial charge in [0.25, 0.3) is 5.69 Å². The molecule has 1 heterocycles. The second-order valence-electron chi connectivity index (χ2n) is 5.43. The summed E-state index contributed by atoms with van der Waals surface area (Å²) in [6.07, 6.45) is 0.326. The molecule has 6 nitrogen and oxygen atoms in total. The average molecular weight is 315 g/mol. The molecule has 0 aromatic heterocycles. The molecule has 0 radical (unpaired) electrons. The van der Waals surface area contributed by atoms with Gasteiger partial charge in [0, 0.05) is 11.7 Å². The first-order chi connectivity index (χ1) is 10.9. The fourth-order valence-corrected chi connectivity index (χ4v) is 2.61. The van der Waals surface area contributed by atoms with Gasteiger partial charge in [0.15, 0.2) is 0 Å². The van der Waals surface area contributed by atoms with Crippen molar-refractivity contribution in [2.75, 3.05) is 10.6 Å². The zero-order valence-electron chi connectivity index (χ0n) is 12.3. The zero-order chi connectivity index (χ0) is 16.6. The van der Waals surface area contributed by atoms with E-state index in [-0.39, 0.29) is 23.3 Å². The van der Waals surface area contributed by atoms with Gasteiger partial charge in [0.2, 0.25) is 5.91 Å². The molecule has 118 valence electrons. The van der Waals surface area contributed by atoms with Gasteiger partial charge < -0.3 is 10.6 Å². The van der Waals surface area contributed by atoms with Gasteiger partial charge in [-0.15, -0.1) is 0 Å². The van der Waals surface area contributed by atoms with Crippen LogP contribution in [0, 0.1) is 15.9 Å². The number of hydrogen-bond acceptors (Lipinski definition) is 4. The van der Waals surface area contributed by atoms with Gasteiger partial charge in [-0.25, -0.2) is 4.39 Å². The van der Waals surface area contributed by atoms with Gasteiger partial charge in [-0.1, -0.05) is 12.1 Å². The Bertz CT molecular complexity index is 807. The third kappa shape index (κ3) is 2.98. The number of carbonyl (C=O) groups is 1. The Balaban J connectivity index is 1.85. The Morgan fingerprint density at radius 3 is 2.83 bits per heavy atom. The van der Waals surface area contributed by atoms with E-state index in [4.69, 9.17) is 0 Å². The van der Waals surface area contributed by atoms with Gasteiger partial charge >= 0.3 is 0 Å². The predicted octanol–water partition coefficient (Wildman–Crippen LogP) is 3.40. The normalized spacial score (nSPS) is 14.1. The molecule has 2 aromatic carbocycles. The van der Waals surface area contributed by atoms with Crippen LogP contribution in [-0.2, 0) is 11.2 Å². The molecule has 0 spiro atoms. The minimum Gasteiger partial charge on any atom is -0.373 e. The van der Waals surface area contributed by atoms with Gasteiger partial charge in [-0.05, 0) is 36.2 Å². The van der Waals surface area contributed by atoms with Crippen molar-refractivity contribution in [1.29, 1.82) is 0 Å². The van der Waals surface area contributed by atoms with Crippen LogP contribution in [-0.4, -0.2) is 10.8 Å². The van der Waals surface area contributed by atoms with E-state index in [2.05, 4.69) is 10.6 Å². The lowest BCUT2D eigenvalue weighted by molar-refractivity contribution is -0.384. The van der Waals surface area contributed by atoms with Gasteiger partial charge in [0.05, 0.1) is 17.4 Å². The van der Waals surface area contributed by atoms with Crippen LogP contribution in [0.2, 0.25) is 0 Å². The molecule has 1 aliphatic rings. The second kappa shape index (κ2) is 5.68. The highest BCUT2D eigenvalue weighted by atomic mass is 19.1. The van der Waals surface area contributed by atoms with Crippen LogP contribution in [0.1, 0.15) is 24.1 Å². The molecule has 0 saturated heterocycles. The average Bonchev–Trinajstić information content (AvgIpc) is 2.87. The molecule has 3 rings (SSSR count). The summed E-state index contributed by atoms with van der Waals surface area (Å²) < 4.78 is 13.2. The predicted molar refractivity (Wildman–Crippen MR) is 83.9 cm³/mol. The fourth-order valence-electron chi connectivity index (χ4n) is 2.61. The van der Waals surface area contributed by atoms with Crippen molar-refractivity contribution in [2.24, 2.45) is 0 Å². The van der Waals surface area contributed by atoms with E-state index in [1.54, 1.807) is 0 Å². The summed E-state index contributed by atoms with van der Waals surface area (Å²) in [6, 6.07) is 8.72. The number of nitro groups is 1. The van der Waals surface area contributed by atoms with E-state index in [1.807, 2.05) is 25.1 Å². The summed E-state index contributed by atoms with van der Waals surface area (Å²) in [5.41, 5.74) is 2.51. The maximum atomic E-state index is 13.2. The molecule has 2 N–H and O–H groups in total. The van der Waals surface area contributed by atoms with Gasteiger partial charge in [-0.2, -0.15) is 0 Å². The summed E-state index contributed by atoms with van der Waals surface area (Å²) in [5.74, 6) is -0.705. The molecule has 1 atom stereocenters. The van der Waals surface area contributed by atoms with Crippen LogP contribution in [0.3, 0.4) is 0 Å². The number of nitrogens with zero attached hydrogens (tertiary/aromatic N) is 1. The summed E-state index contributed by atoms with van der Waals surface area (Å²) in [6.45, 7) is 1.85. The molecule has 0 saturated carbocycles. The zero-order valence-corrected chi connectivity index (χ0v) is 12.3. The maximum Gasteiger partial charge on any atom is 0.295 e. The Morgan fingerprint density at radius 1 is 1.30 bits per heavy atom. The first-order valence-electron chi connectivity index (χ1n) is 7.07. The summed E-state index contributed by atoms with van der Waals surface area (Å²) in [7, 11) is 0. The van der Waals surface area contributed by atoms with E-state index in [9.17, 15) is 19.3 Å². The van der Waals surface area contributed by atoms with Crippen molar-refractivity contribution < 1.29 is 14.1 Å². The number of anilines is 2. The fraction of sp³-hybridized carbons (Fsp3) is 0.188. The highest BCUT2D eigenvalue weighted by Crippen LogP contribution is 2.31. The van der Waals surface area contributed by atoms with Crippen LogP contribution in [0.5, 0.6) is 0 Å². The van der Waals surface area contributed by atoms with Crippen molar-refractivity contribution in [1.82, 2.24) is 0 Å². The number of rotatable bonds is 4. The van der Waals surface area contributed by atoms with E-state index in [1.165, 1.54) is 12.1 Å². The molecule has 0 fully saturated rings. The number of nitro benzene ring substituents is 1. The van der Waals surface area contributed by atoms with Crippen LogP contribution in [0.25, 0.3) is 0 Å². The number of fused-ring (bicyclic) bond motifs is 1. The summed E-state index contributed by atoms with van der Waals surface area (Å²) >= 11 is 0. The minimum absolute atomic E-state index is 0.0491. The van der Waals surface area contributed by atoms with E-state index >= 15 is 0 Å². The number of benzene rings is 2. The summed E-state index contributed by atoms with van der Waals surface area (Å²) in [5, 5.41) is 16.8. The maximum absolute atomic E-state index is 13.2. The van der Waals surface area contributed by atoms with Crippen molar-refractivity contribution in [3.05, 3.63) is 63.5 Å². The number of halogens is 1. The number of amides is 1. The molecular formula is C16H14FN3O3. The molecule has 1 unspecified atom stereocenters. The molecule has 7 heteroatoms. The second-order valence-corrected chi connectivity index (χ2v) is 5.43. The topological polar surface area (TPSA) is 84.3 Å². The Labute approximate surface area is 131 Å². The molecular weight excluding hydrogens is 301 g/mol. The SMILES string of the molecule is CC(Nc1ccc(F)cc1[N+](=O)[O-])c1ccc2c(c1)CC(=O)N2. The van der Waals surface area contributed by atoms with Crippen LogP contribution >= 0.6 is 0 Å². The Kier molecular flexibility index (Phi) is 3.69. The standard InChI is InChI=1S/C16H14FN3O3/c1-9(10-2-4-13-11(6-10)7-16(21)19-13)18-14-5-3-12(17)8-15(14)20(22)23/h2-6,8-9,18H,7H2,1H3,(H,19,21). The van der Waals surface area contributed by atoms with E-state index in [0.29, 0.717) is 6.42 Å². The van der Waals surface area contributed by atoms with Crippen molar-refractivity contribution in [3.63, 3.8) is 0 Å². The Hall–Kier alpha value is -2.96.